The number of anilines is 1. The Labute approximate surface area is 119 Å². The first-order chi connectivity index (χ1) is 8.99. The molecule has 0 aliphatic carbocycles. The van der Waals surface area contributed by atoms with E-state index in [0.717, 1.165) is 25.5 Å². The third-order valence-corrected chi connectivity index (χ3v) is 3.89. The van der Waals surface area contributed by atoms with Gasteiger partial charge in [0.05, 0.1) is 15.5 Å². The van der Waals surface area contributed by atoms with Gasteiger partial charge < -0.3 is 10.2 Å². The Morgan fingerprint density at radius 2 is 2.37 bits per heavy atom. The average molecular weight is 332 g/mol. The SMILES string of the molecule is CN(CC1CCCN1)c1cc(Br)c(F)cc1[N+](=O)[O-]. The van der Waals surface area contributed by atoms with Gasteiger partial charge in [-0.2, -0.15) is 0 Å². The molecule has 19 heavy (non-hydrogen) atoms. The predicted octanol–water partition coefficient (Wildman–Crippen LogP) is 2.68. The van der Waals surface area contributed by atoms with Crippen LogP contribution < -0.4 is 10.2 Å². The Bertz CT molecular complexity index is 492. The maximum atomic E-state index is 13.4. The molecule has 1 aromatic carbocycles. The quantitative estimate of drug-likeness (QED) is 0.680. The van der Waals surface area contributed by atoms with Crippen molar-refractivity contribution in [3.05, 3.63) is 32.5 Å². The molecule has 1 heterocycles. The van der Waals surface area contributed by atoms with Gasteiger partial charge >= 0.3 is 0 Å². The summed E-state index contributed by atoms with van der Waals surface area (Å²) in [6.45, 7) is 1.65. The molecule has 1 aromatic rings. The van der Waals surface area contributed by atoms with Gasteiger partial charge in [0.2, 0.25) is 0 Å². The van der Waals surface area contributed by atoms with E-state index in [1.54, 1.807) is 11.9 Å². The van der Waals surface area contributed by atoms with E-state index in [1.807, 2.05) is 0 Å². The number of halogens is 2. The minimum absolute atomic E-state index is 0.207. The van der Waals surface area contributed by atoms with Crippen molar-refractivity contribution in [3.8, 4) is 0 Å². The highest BCUT2D eigenvalue weighted by molar-refractivity contribution is 9.10. The molecule has 1 saturated heterocycles. The third kappa shape index (κ3) is 3.22. The van der Waals surface area contributed by atoms with Crippen molar-refractivity contribution in [3.63, 3.8) is 0 Å². The van der Waals surface area contributed by atoms with Crippen molar-refractivity contribution in [2.24, 2.45) is 0 Å². The molecule has 0 aromatic heterocycles. The van der Waals surface area contributed by atoms with E-state index >= 15 is 0 Å². The second-order valence-electron chi connectivity index (χ2n) is 4.69. The molecule has 1 atom stereocenters. The van der Waals surface area contributed by atoms with Crippen LogP contribution in [0.3, 0.4) is 0 Å². The van der Waals surface area contributed by atoms with Gasteiger partial charge in [0.15, 0.2) is 0 Å². The first-order valence-electron chi connectivity index (χ1n) is 6.07. The Hall–Kier alpha value is -1.21. The van der Waals surface area contributed by atoms with Crippen LogP contribution in [0.1, 0.15) is 12.8 Å². The summed E-state index contributed by atoms with van der Waals surface area (Å²) in [7, 11) is 1.78. The fraction of sp³-hybridized carbons (Fsp3) is 0.500. The third-order valence-electron chi connectivity index (χ3n) is 3.28. The number of nitrogens with one attached hydrogen (secondary N) is 1. The van der Waals surface area contributed by atoms with E-state index in [2.05, 4.69) is 21.2 Å². The zero-order valence-corrected chi connectivity index (χ0v) is 12.1. The minimum Gasteiger partial charge on any atom is -0.367 e. The molecule has 0 saturated carbocycles. The number of hydrogen-bond donors (Lipinski definition) is 1. The smallest absolute Gasteiger partial charge is 0.295 e. The summed E-state index contributed by atoms with van der Waals surface area (Å²) in [6, 6.07) is 2.74. The zero-order valence-electron chi connectivity index (χ0n) is 10.5. The van der Waals surface area contributed by atoms with Gasteiger partial charge in [-0.15, -0.1) is 0 Å². The van der Waals surface area contributed by atoms with Crippen LogP contribution in [-0.4, -0.2) is 31.1 Å². The summed E-state index contributed by atoms with van der Waals surface area (Å²) in [6.07, 6.45) is 2.17. The first kappa shape index (κ1) is 14.2. The number of nitro benzene ring substituents is 1. The van der Waals surface area contributed by atoms with E-state index < -0.39 is 10.7 Å². The number of hydrogen-bond acceptors (Lipinski definition) is 4. The Kier molecular flexibility index (Phi) is 4.36. The fourth-order valence-corrected chi connectivity index (χ4v) is 2.65. The van der Waals surface area contributed by atoms with Crippen LogP contribution in [0.15, 0.2) is 16.6 Å². The average Bonchev–Trinajstić information content (AvgIpc) is 2.84. The zero-order chi connectivity index (χ0) is 14.0. The topological polar surface area (TPSA) is 58.4 Å². The Morgan fingerprint density at radius 1 is 1.63 bits per heavy atom. The molecule has 0 radical (unpaired) electrons. The van der Waals surface area contributed by atoms with Gasteiger partial charge in [0, 0.05) is 19.6 Å². The monoisotopic (exact) mass is 331 g/mol. The van der Waals surface area contributed by atoms with Crippen molar-refractivity contribution in [2.75, 3.05) is 25.0 Å². The van der Waals surface area contributed by atoms with Gasteiger partial charge in [-0.25, -0.2) is 4.39 Å². The molecule has 0 amide bonds. The molecular weight excluding hydrogens is 317 g/mol. The molecule has 1 N–H and O–H groups in total. The van der Waals surface area contributed by atoms with Gasteiger partial charge in [-0.05, 0) is 41.4 Å². The molecule has 2 rings (SSSR count). The highest BCUT2D eigenvalue weighted by atomic mass is 79.9. The van der Waals surface area contributed by atoms with Crippen molar-refractivity contribution in [2.45, 2.75) is 18.9 Å². The van der Waals surface area contributed by atoms with Crippen molar-refractivity contribution in [1.82, 2.24) is 5.32 Å². The molecule has 1 aliphatic rings. The predicted molar refractivity (Wildman–Crippen MR) is 75.0 cm³/mol. The largest absolute Gasteiger partial charge is 0.367 e. The summed E-state index contributed by atoms with van der Waals surface area (Å²) in [5.41, 5.74) is 0.216. The summed E-state index contributed by atoms with van der Waals surface area (Å²) in [5.74, 6) is -0.622. The second-order valence-corrected chi connectivity index (χ2v) is 5.54. The van der Waals surface area contributed by atoms with Crippen LogP contribution in [0.2, 0.25) is 0 Å². The number of rotatable bonds is 4. The summed E-state index contributed by atoms with van der Waals surface area (Å²) < 4.78 is 13.6. The lowest BCUT2D eigenvalue weighted by atomic mass is 10.2. The summed E-state index contributed by atoms with van der Waals surface area (Å²) in [5, 5.41) is 14.3. The van der Waals surface area contributed by atoms with E-state index in [1.165, 1.54) is 6.07 Å². The van der Waals surface area contributed by atoms with Crippen LogP contribution in [0.25, 0.3) is 0 Å². The number of nitro groups is 1. The first-order valence-corrected chi connectivity index (χ1v) is 6.86. The summed E-state index contributed by atoms with van der Waals surface area (Å²) in [4.78, 5) is 12.3. The van der Waals surface area contributed by atoms with Gasteiger partial charge in [-0.1, -0.05) is 0 Å². The van der Waals surface area contributed by atoms with Crippen molar-refractivity contribution in [1.29, 1.82) is 0 Å². The van der Waals surface area contributed by atoms with Crippen molar-refractivity contribution < 1.29 is 9.31 Å². The summed E-state index contributed by atoms with van der Waals surface area (Å²) >= 11 is 3.07. The van der Waals surface area contributed by atoms with Crippen LogP contribution in [0.4, 0.5) is 15.8 Å². The van der Waals surface area contributed by atoms with Crippen molar-refractivity contribution >= 4 is 27.3 Å². The maximum Gasteiger partial charge on any atom is 0.295 e. The molecule has 1 unspecified atom stereocenters. The lowest BCUT2D eigenvalue weighted by Gasteiger charge is -2.23. The lowest BCUT2D eigenvalue weighted by molar-refractivity contribution is -0.384. The van der Waals surface area contributed by atoms with Gasteiger partial charge in [0.25, 0.3) is 5.69 Å². The molecule has 7 heteroatoms. The molecule has 1 aliphatic heterocycles. The lowest BCUT2D eigenvalue weighted by Crippen LogP contribution is -2.35. The van der Waals surface area contributed by atoms with Gasteiger partial charge in [-0.3, -0.25) is 10.1 Å². The Morgan fingerprint density at radius 3 is 2.95 bits per heavy atom. The molecule has 0 bridgehead atoms. The molecule has 0 spiro atoms. The highest BCUT2D eigenvalue weighted by Crippen LogP contribution is 2.33. The normalized spacial score (nSPS) is 18.6. The van der Waals surface area contributed by atoms with Gasteiger partial charge in [0.1, 0.15) is 11.5 Å². The molecule has 104 valence electrons. The van der Waals surface area contributed by atoms with Crippen LogP contribution in [0, 0.1) is 15.9 Å². The van der Waals surface area contributed by atoms with E-state index in [-0.39, 0.29) is 10.2 Å². The van der Waals surface area contributed by atoms with E-state index in [0.29, 0.717) is 18.3 Å². The fourth-order valence-electron chi connectivity index (χ4n) is 2.32. The maximum absolute atomic E-state index is 13.4. The molecular formula is C12H15BrFN3O2. The van der Waals surface area contributed by atoms with E-state index in [9.17, 15) is 14.5 Å². The standard InChI is InChI=1S/C12H15BrFN3O2/c1-16(7-8-3-2-4-15-8)11-5-9(13)10(14)6-12(11)17(18)19/h5-6,8,15H,2-4,7H2,1H3. The number of nitrogens with zero attached hydrogens (tertiary/aromatic N) is 2. The molecule has 5 nitrogen and oxygen atoms in total. The molecule has 1 fully saturated rings. The Balaban J connectivity index is 2.26. The van der Waals surface area contributed by atoms with Crippen LogP contribution in [0.5, 0.6) is 0 Å². The number of benzene rings is 1. The van der Waals surface area contributed by atoms with Crippen LogP contribution >= 0.6 is 15.9 Å². The second kappa shape index (κ2) is 5.83. The van der Waals surface area contributed by atoms with E-state index in [4.69, 9.17) is 0 Å². The number of likely N-dealkylation sites (N-methyl/N-ethyl adjacent to an activating group) is 1. The minimum atomic E-state index is -0.622. The van der Waals surface area contributed by atoms with Crippen LogP contribution in [-0.2, 0) is 0 Å². The highest BCUT2D eigenvalue weighted by Gasteiger charge is 2.23.